The number of hydrogen-bond acceptors (Lipinski definition) is 6. The van der Waals surface area contributed by atoms with E-state index in [0.29, 0.717) is 25.7 Å². The molecule has 1 aromatic rings. The van der Waals surface area contributed by atoms with E-state index in [9.17, 15) is 8.42 Å². The summed E-state index contributed by atoms with van der Waals surface area (Å²) in [6, 6.07) is 0. The zero-order valence-electron chi connectivity index (χ0n) is 11.5. The maximum Gasteiger partial charge on any atom is 0.243 e. The lowest BCUT2D eigenvalue weighted by molar-refractivity contribution is 0.186. The van der Waals surface area contributed by atoms with E-state index in [1.54, 1.807) is 0 Å². The molecule has 7 nitrogen and oxygen atoms in total. The highest BCUT2D eigenvalue weighted by Gasteiger charge is 2.20. The quantitative estimate of drug-likeness (QED) is 0.766. The Morgan fingerprint density at radius 3 is 2.75 bits per heavy atom. The van der Waals surface area contributed by atoms with E-state index in [1.165, 1.54) is 12.4 Å². The third kappa shape index (κ3) is 4.12. The molecule has 0 aromatic carbocycles. The van der Waals surface area contributed by atoms with Crippen molar-refractivity contribution in [1.82, 2.24) is 14.7 Å². The number of aromatic nitrogens is 2. The van der Waals surface area contributed by atoms with Crippen molar-refractivity contribution in [3.05, 3.63) is 12.4 Å². The van der Waals surface area contributed by atoms with Gasteiger partial charge in [-0.15, -0.1) is 0 Å². The second-order valence-corrected chi connectivity index (χ2v) is 6.52. The summed E-state index contributed by atoms with van der Waals surface area (Å²) < 4.78 is 31.9. The topological polar surface area (TPSA) is 93.2 Å². The zero-order valence-corrected chi connectivity index (χ0v) is 12.3. The molecule has 1 fully saturated rings. The van der Waals surface area contributed by atoms with Crippen LogP contribution in [0.5, 0.6) is 0 Å². The van der Waals surface area contributed by atoms with Crippen LogP contribution in [0.2, 0.25) is 0 Å². The number of anilines is 1. The second kappa shape index (κ2) is 6.96. The number of hydrogen-bond donors (Lipinski definition) is 2. The molecule has 1 saturated heterocycles. The summed E-state index contributed by atoms with van der Waals surface area (Å²) in [4.78, 5) is 8.07. The van der Waals surface area contributed by atoms with Crippen molar-refractivity contribution in [1.29, 1.82) is 0 Å². The number of ether oxygens (including phenoxy) is 1. The predicted molar refractivity (Wildman–Crippen MR) is 74.9 cm³/mol. The minimum Gasteiger partial charge on any atom is -0.381 e. The van der Waals surface area contributed by atoms with Crippen LogP contribution in [-0.4, -0.2) is 44.7 Å². The molecular formula is C12H20N4O3S. The van der Waals surface area contributed by atoms with E-state index in [0.717, 1.165) is 19.4 Å². The van der Waals surface area contributed by atoms with Crippen LogP contribution in [0.25, 0.3) is 0 Å². The van der Waals surface area contributed by atoms with Crippen molar-refractivity contribution < 1.29 is 13.2 Å². The first kappa shape index (κ1) is 15.1. The molecular weight excluding hydrogens is 280 g/mol. The summed E-state index contributed by atoms with van der Waals surface area (Å²) >= 11 is 0. The van der Waals surface area contributed by atoms with Gasteiger partial charge in [0.15, 0.2) is 0 Å². The zero-order chi connectivity index (χ0) is 14.4. The van der Waals surface area contributed by atoms with Gasteiger partial charge in [-0.25, -0.2) is 23.1 Å². The van der Waals surface area contributed by atoms with Gasteiger partial charge in [0, 0.05) is 19.7 Å². The van der Waals surface area contributed by atoms with Gasteiger partial charge in [0.2, 0.25) is 16.0 Å². The number of rotatable bonds is 7. The summed E-state index contributed by atoms with van der Waals surface area (Å²) in [6.45, 7) is 4.48. The van der Waals surface area contributed by atoms with Crippen molar-refractivity contribution in [3.8, 4) is 0 Å². The molecule has 0 radical (unpaired) electrons. The third-order valence-electron chi connectivity index (χ3n) is 3.06. The van der Waals surface area contributed by atoms with Crippen LogP contribution in [0.1, 0.15) is 19.8 Å². The number of nitrogens with one attached hydrogen (secondary N) is 2. The number of sulfonamides is 1. The molecule has 0 aliphatic carbocycles. The van der Waals surface area contributed by atoms with E-state index in [-0.39, 0.29) is 10.8 Å². The Bertz CT molecular complexity index is 512. The Hall–Kier alpha value is -1.25. The summed E-state index contributed by atoms with van der Waals surface area (Å²) in [5, 5.41) is 3.00. The van der Waals surface area contributed by atoms with Crippen molar-refractivity contribution in [2.24, 2.45) is 5.92 Å². The Balaban J connectivity index is 1.94. The van der Waals surface area contributed by atoms with Crippen LogP contribution in [0.4, 0.5) is 5.95 Å². The van der Waals surface area contributed by atoms with Crippen molar-refractivity contribution in [3.63, 3.8) is 0 Å². The fraction of sp³-hybridized carbons (Fsp3) is 0.667. The maximum absolute atomic E-state index is 12.1. The smallest absolute Gasteiger partial charge is 0.243 e. The van der Waals surface area contributed by atoms with Crippen LogP contribution >= 0.6 is 0 Å². The number of nitrogens with zero attached hydrogens (tertiary/aromatic N) is 2. The van der Waals surface area contributed by atoms with Crippen molar-refractivity contribution >= 4 is 16.0 Å². The molecule has 0 bridgehead atoms. The van der Waals surface area contributed by atoms with Crippen LogP contribution in [0, 0.1) is 5.92 Å². The van der Waals surface area contributed by atoms with Gasteiger partial charge >= 0.3 is 0 Å². The van der Waals surface area contributed by atoms with Crippen LogP contribution < -0.4 is 10.0 Å². The highest BCUT2D eigenvalue weighted by molar-refractivity contribution is 7.89. The average Bonchev–Trinajstić information content (AvgIpc) is 2.97. The molecule has 0 saturated carbocycles. The highest BCUT2D eigenvalue weighted by atomic mass is 32.2. The molecule has 112 valence electrons. The van der Waals surface area contributed by atoms with E-state index in [4.69, 9.17) is 4.74 Å². The lowest BCUT2D eigenvalue weighted by Crippen LogP contribution is -2.29. The van der Waals surface area contributed by atoms with Gasteiger partial charge in [0.25, 0.3) is 0 Å². The molecule has 1 atom stereocenters. The normalized spacial score (nSPS) is 19.1. The van der Waals surface area contributed by atoms with E-state index in [2.05, 4.69) is 20.0 Å². The maximum atomic E-state index is 12.1. The summed E-state index contributed by atoms with van der Waals surface area (Å²) in [7, 11) is -3.54. The predicted octanol–water partition coefficient (Wildman–Crippen LogP) is 0.613. The second-order valence-electron chi connectivity index (χ2n) is 4.75. The van der Waals surface area contributed by atoms with Gasteiger partial charge in [-0.05, 0) is 18.8 Å². The molecule has 0 spiro atoms. The van der Waals surface area contributed by atoms with Gasteiger partial charge in [-0.2, -0.15) is 0 Å². The lowest BCUT2D eigenvalue weighted by atomic mass is 10.1. The summed E-state index contributed by atoms with van der Waals surface area (Å²) in [5.41, 5.74) is 0. The Morgan fingerprint density at radius 2 is 2.15 bits per heavy atom. The molecule has 2 heterocycles. The van der Waals surface area contributed by atoms with Gasteiger partial charge in [0.05, 0.1) is 19.0 Å². The summed E-state index contributed by atoms with van der Waals surface area (Å²) in [6.07, 6.45) is 4.48. The first-order valence-electron chi connectivity index (χ1n) is 6.75. The first-order valence-corrected chi connectivity index (χ1v) is 8.23. The van der Waals surface area contributed by atoms with Gasteiger partial charge in [-0.3, -0.25) is 0 Å². The van der Waals surface area contributed by atoms with Gasteiger partial charge in [0.1, 0.15) is 4.90 Å². The molecule has 0 amide bonds. The minimum atomic E-state index is -3.54. The van der Waals surface area contributed by atoms with Gasteiger partial charge in [-0.1, -0.05) is 6.92 Å². The van der Waals surface area contributed by atoms with Crippen LogP contribution in [0.3, 0.4) is 0 Å². The SMILES string of the molecule is CCCNc1ncc(S(=O)(=O)NCC2CCOC2)cn1. The first-order chi connectivity index (χ1) is 9.62. The molecule has 20 heavy (non-hydrogen) atoms. The van der Waals surface area contributed by atoms with Crippen LogP contribution in [-0.2, 0) is 14.8 Å². The Morgan fingerprint density at radius 1 is 1.40 bits per heavy atom. The van der Waals surface area contributed by atoms with Crippen LogP contribution in [0.15, 0.2) is 17.3 Å². The molecule has 1 unspecified atom stereocenters. The Labute approximate surface area is 119 Å². The molecule has 1 aliphatic heterocycles. The minimum absolute atomic E-state index is 0.0819. The average molecular weight is 300 g/mol. The monoisotopic (exact) mass is 300 g/mol. The van der Waals surface area contributed by atoms with E-state index in [1.807, 2.05) is 6.92 Å². The fourth-order valence-corrected chi connectivity index (χ4v) is 2.84. The van der Waals surface area contributed by atoms with E-state index < -0.39 is 10.0 Å². The standard InChI is InChI=1S/C12H20N4O3S/c1-2-4-13-12-14-7-11(8-15-12)20(17,18)16-6-10-3-5-19-9-10/h7-8,10,16H,2-6,9H2,1H3,(H,13,14,15). The van der Waals surface area contributed by atoms with Crippen molar-refractivity contribution in [2.45, 2.75) is 24.7 Å². The lowest BCUT2D eigenvalue weighted by Gasteiger charge is -2.10. The summed E-state index contributed by atoms with van der Waals surface area (Å²) in [5.74, 6) is 0.686. The van der Waals surface area contributed by atoms with Crippen molar-refractivity contribution in [2.75, 3.05) is 31.6 Å². The third-order valence-corrected chi connectivity index (χ3v) is 4.44. The van der Waals surface area contributed by atoms with E-state index >= 15 is 0 Å². The largest absolute Gasteiger partial charge is 0.381 e. The van der Waals surface area contributed by atoms with Gasteiger partial charge < -0.3 is 10.1 Å². The molecule has 1 aliphatic rings. The molecule has 2 rings (SSSR count). The molecule has 1 aromatic heterocycles. The Kier molecular flexibility index (Phi) is 5.27. The fourth-order valence-electron chi connectivity index (χ4n) is 1.84. The highest BCUT2D eigenvalue weighted by Crippen LogP contribution is 2.13. The molecule has 2 N–H and O–H groups in total. The molecule has 8 heteroatoms.